The van der Waals surface area contributed by atoms with Crippen molar-refractivity contribution in [3.05, 3.63) is 35.1 Å². The Morgan fingerprint density at radius 2 is 2.12 bits per heavy atom. The van der Waals surface area contributed by atoms with E-state index in [0.717, 1.165) is 18.4 Å². The standard InChI is InChI=1S/C14H17FO2/c1-10-6-7-13(15)12(8-10)14(16)17-9-11-4-2-3-5-11/h6-8,11H,2-5,9H2,1H3. The third-order valence-corrected chi connectivity index (χ3v) is 3.27. The van der Waals surface area contributed by atoms with Crippen LogP contribution in [-0.4, -0.2) is 12.6 Å². The first-order valence-corrected chi connectivity index (χ1v) is 6.10. The van der Waals surface area contributed by atoms with Gasteiger partial charge in [0, 0.05) is 0 Å². The highest BCUT2D eigenvalue weighted by Crippen LogP contribution is 2.25. The van der Waals surface area contributed by atoms with Crippen molar-refractivity contribution >= 4 is 5.97 Å². The Kier molecular flexibility index (Phi) is 3.77. The maximum atomic E-state index is 13.4. The Balaban J connectivity index is 1.96. The highest BCUT2D eigenvalue weighted by atomic mass is 19.1. The molecule has 2 nitrogen and oxygen atoms in total. The molecule has 0 unspecified atom stereocenters. The van der Waals surface area contributed by atoms with Gasteiger partial charge in [-0.25, -0.2) is 9.18 Å². The number of halogens is 1. The van der Waals surface area contributed by atoms with Crippen LogP contribution in [0.2, 0.25) is 0 Å². The fourth-order valence-electron chi connectivity index (χ4n) is 2.24. The van der Waals surface area contributed by atoms with E-state index in [-0.39, 0.29) is 5.56 Å². The van der Waals surface area contributed by atoms with Crippen molar-refractivity contribution in [1.82, 2.24) is 0 Å². The third-order valence-electron chi connectivity index (χ3n) is 3.27. The summed E-state index contributed by atoms with van der Waals surface area (Å²) in [7, 11) is 0. The number of hydrogen-bond donors (Lipinski definition) is 0. The average Bonchev–Trinajstić information content (AvgIpc) is 2.82. The molecule has 1 aromatic carbocycles. The summed E-state index contributed by atoms with van der Waals surface area (Å²) >= 11 is 0. The zero-order valence-corrected chi connectivity index (χ0v) is 10.0. The van der Waals surface area contributed by atoms with Crippen molar-refractivity contribution < 1.29 is 13.9 Å². The number of hydrogen-bond acceptors (Lipinski definition) is 2. The Morgan fingerprint density at radius 3 is 2.82 bits per heavy atom. The molecule has 0 spiro atoms. The zero-order valence-electron chi connectivity index (χ0n) is 10.0. The lowest BCUT2D eigenvalue weighted by Gasteiger charge is -2.10. The Labute approximate surface area is 101 Å². The van der Waals surface area contributed by atoms with Gasteiger partial charge in [0.2, 0.25) is 0 Å². The van der Waals surface area contributed by atoms with Crippen molar-refractivity contribution in [2.24, 2.45) is 5.92 Å². The largest absolute Gasteiger partial charge is 0.462 e. The summed E-state index contributed by atoms with van der Waals surface area (Å²) in [5, 5.41) is 0. The van der Waals surface area contributed by atoms with Crippen LogP contribution in [0.25, 0.3) is 0 Å². The van der Waals surface area contributed by atoms with Gasteiger partial charge in [0.05, 0.1) is 12.2 Å². The minimum atomic E-state index is -0.543. The number of benzene rings is 1. The van der Waals surface area contributed by atoms with Gasteiger partial charge >= 0.3 is 5.97 Å². The van der Waals surface area contributed by atoms with Gasteiger partial charge in [0.25, 0.3) is 0 Å². The number of carbonyl (C=O) groups is 1. The molecule has 0 amide bonds. The fraction of sp³-hybridized carbons (Fsp3) is 0.500. The number of rotatable bonds is 3. The summed E-state index contributed by atoms with van der Waals surface area (Å²) in [6.07, 6.45) is 4.65. The van der Waals surface area contributed by atoms with Crippen LogP contribution in [0.15, 0.2) is 18.2 Å². The van der Waals surface area contributed by atoms with Crippen molar-refractivity contribution in [1.29, 1.82) is 0 Å². The first-order chi connectivity index (χ1) is 8.16. The second-order valence-corrected chi connectivity index (χ2v) is 4.73. The Hall–Kier alpha value is -1.38. The molecule has 1 saturated carbocycles. The van der Waals surface area contributed by atoms with Gasteiger partial charge < -0.3 is 4.74 Å². The quantitative estimate of drug-likeness (QED) is 0.751. The molecule has 0 aromatic heterocycles. The van der Waals surface area contributed by atoms with Crippen LogP contribution in [0.5, 0.6) is 0 Å². The highest BCUT2D eigenvalue weighted by molar-refractivity contribution is 5.89. The van der Waals surface area contributed by atoms with Gasteiger partial charge in [-0.2, -0.15) is 0 Å². The Bertz CT molecular complexity index is 409. The Morgan fingerprint density at radius 1 is 1.41 bits per heavy atom. The molecule has 1 aromatic rings. The summed E-state index contributed by atoms with van der Waals surface area (Å²) in [6, 6.07) is 4.48. The van der Waals surface area contributed by atoms with E-state index in [4.69, 9.17) is 4.74 Å². The van der Waals surface area contributed by atoms with Gasteiger partial charge in [0.15, 0.2) is 0 Å². The number of aryl methyl sites for hydroxylation is 1. The second-order valence-electron chi connectivity index (χ2n) is 4.73. The van der Waals surface area contributed by atoms with E-state index >= 15 is 0 Å². The third kappa shape index (κ3) is 3.05. The molecule has 0 heterocycles. The van der Waals surface area contributed by atoms with E-state index in [1.165, 1.54) is 25.0 Å². The zero-order chi connectivity index (χ0) is 12.3. The first kappa shape index (κ1) is 12.1. The molecule has 0 atom stereocenters. The molecule has 0 saturated heterocycles. The second kappa shape index (κ2) is 5.30. The van der Waals surface area contributed by atoms with E-state index in [0.29, 0.717) is 12.5 Å². The van der Waals surface area contributed by atoms with Crippen LogP contribution in [0.3, 0.4) is 0 Å². The minimum Gasteiger partial charge on any atom is -0.462 e. The summed E-state index contributed by atoms with van der Waals surface area (Å²) in [6.45, 7) is 2.25. The maximum Gasteiger partial charge on any atom is 0.341 e. The number of esters is 1. The SMILES string of the molecule is Cc1ccc(F)c(C(=O)OCC2CCCC2)c1. The van der Waals surface area contributed by atoms with Crippen LogP contribution < -0.4 is 0 Å². The van der Waals surface area contributed by atoms with Crippen LogP contribution in [0.1, 0.15) is 41.6 Å². The molecule has 92 valence electrons. The van der Waals surface area contributed by atoms with Gasteiger partial charge in [-0.05, 0) is 37.8 Å². The molecule has 0 bridgehead atoms. The van der Waals surface area contributed by atoms with E-state index in [2.05, 4.69) is 0 Å². The molecule has 17 heavy (non-hydrogen) atoms. The number of carbonyl (C=O) groups excluding carboxylic acids is 1. The summed E-state index contributed by atoms with van der Waals surface area (Å²) in [5.41, 5.74) is 0.905. The molecular formula is C14H17FO2. The normalized spacial score (nSPS) is 16.1. The monoisotopic (exact) mass is 236 g/mol. The fourth-order valence-corrected chi connectivity index (χ4v) is 2.24. The number of ether oxygens (including phenoxy) is 1. The predicted molar refractivity (Wildman–Crippen MR) is 63.4 cm³/mol. The first-order valence-electron chi connectivity index (χ1n) is 6.10. The average molecular weight is 236 g/mol. The lowest BCUT2D eigenvalue weighted by Crippen LogP contribution is -2.13. The molecule has 1 aliphatic carbocycles. The summed E-state index contributed by atoms with van der Waals surface area (Å²) < 4.78 is 18.6. The van der Waals surface area contributed by atoms with Crippen LogP contribution in [-0.2, 0) is 4.74 Å². The molecule has 0 radical (unpaired) electrons. The molecule has 2 rings (SSSR count). The molecule has 1 fully saturated rings. The van der Waals surface area contributed by atoms with Crippen molar-refractivity contribution in [2.75, 3.05) is 6.61 Å². The minimum absolute atomic E-state index is 0.0444. The van der Waals surface area contributed by atoms with Crippen LogP contribution in [0.4, 0.5) is 4.39 Å². The van der Waals surface area contributed by atoms with Crippen molar-refractivity contribution in [2.45, 2.75) is 32.6 Å². The van der Waals surface area contributed by atoms with Gasteiger partial charge in [0.1, 0.15) is 5.82 Å². The van der Waals surface area contributed by atoms with Gasteiger partial charge in [-0.1, -0.05) is 24.5 Å². The summed E-state index contributed by atoms with van der Waals surface area (Å²) in [5.74, 6) is -0.586. The lowest BCUT2D eigenvalue weighted by atomic mass is 10.1. The molecule has 3 heteroatoms. The summed E-state index contributed by atoms with van der Waals surface area (Å²) in [4.78, 5) is 11.7. The van der Waals surface area contributed by atoms with E-state index < -0.39 is 11.8 Å². The van der Waals surface area contributed by atoms with Crippen LogP contribution >= 0.6 is 0 Å². The molecule has 1 aliphatic rings. The van der Waals surface area contributed by atoms with Crippen molar-refractivity contribution in [3.8, 4) is 0 Å². The molecule has 0 N–H and O–H groups in total. The maximum absolute atomic E-state index is 13.4. The lowest BCUT2D eigenvalue weighted by molar-refractivity contribution is 0.0437. The topological polar surface area (TPSA) is 26.3 Å². The smallest absolute Gasteiger partial charge is 0.341 e. The van der Waals surface area contributed by atoms with Crippen LogP contribution in [0, 0.1) is 18.7 Å². The van der Waals surface area contributed by atoms with Gasteiger partial charge in [-0.3, -0.25) is 0 Å². The molecular weight excluding hydrogens is 219 g/mol. The predicted octanol–water partition coefficient (Wildman–Crippen LogP) is 3.48. The van der Waals surface area contributed by atoms with E-state index in [1.807, 2.05) is 6.92 Å². The van der Waals surface area contributed by atoms with Crippen molar-refractivity contribution in [3.63, 3.8) is 0 Å². The highest BCUT2D eigenvalue weighted by Gasteiger charge is 2.19. The van der Waals surface area contributed by atoms with Gasteiger partial charge in [-0.15, -0.1) is 0 Å². The molecule has 0 aliphatic heterocycles. The van der Waals surface area contributed by atoms with E-state index in [9.17, 15) is 9.18 Å². The van der Waals surface area contributed by atoms with E-state index in [1.54, 1.807) is 6.07 Å².